The van der Waals surface area contributed by atoms with E-state index in [1.54, 1.807) is 0 Å². The Hall–Kier alpha value is -1.87. The number of ether oxygens (including phenoxy) is 1. The molecule has 1 aromatic heterocycles. The lowest BCUT2D eigenvalue weighted by molar-refractivity contribution is 0.462. The molecule has 0 unspecified atom stereocenters. The normalized spacial score (nSPS) is 10.9. The van der Waals surface area contributed by atoms with Gasteiger partial charge in [-0.1, -0.05) is 39.0 Å². The van der Waals surface area contributed by atoms with Crippen molar-refractivity contribution in [3.63, 3.8) is 0 Å². The van der Waals surface area contributed by atoms with Gasteiger partial charge in [0.25, 0.3) is 0 Å². The summed E-state index contributed by atoms with van der Waals surface area (Å²) in [4.78, 5) is 4.35. The minimum atomic E-state index is 0.631. The summed E-state index contributed by atoms with van der Waals surface area (Å²) in [5, 5.41) is 3.40. The molecule has 3 heteroatoms. The third kappa shape index (κ3) is 5.20. The SMILES string of the molecule is CCc1ccc(Oc2ccc(CNCC(C)C)cn2)cc1. The van der Waals surface area contributed by atoms with Crippen LogP contribution in [0.3, 0.4) is 0 Å². The first-order chi connectivity index (χ1) is 10.2. The van der Waals surface area contributed by atoms with E-state index in [4.69, 9.17) is 4.74 Å². The molecule has 1 aromatic carbocycles. The molecule has 0 spiro atoms. The summed E-state index contributed by atoms with van der Waals surface area (Å²) in [5.74, 6) is 2.11. The predicted molar refractivity (Wildman–Crippen MR) is 86.7 cm³/mol. The van der Waals surface area contributed by atoms with Crippen molar-refractivity contribution in [2.45, 2.75) is 33.7 Å². The minimum Gasteiger partial charge on any atom is -0.439 e. The van der Waals surface area contributed by atoms with Crippen LogP contribution in [0.25, 0.3) is 0 Å². The number of benzene rings is 1. The summed E-state index contributed by atoms with van der Waals surface area (Å²) in [6.07, 6.45) is 2.90. The molecule has 0 aliphatic carbocycles. The lowest BCUT2D eigenvalue weighted by atomic mass is 10.2. The number of hydrogen-bond donors (Lipinski definition) is 1. The minimum absolute atomic E-state index is 0.631. The zero-order chi connectivity index (χ0) is 15.1. The van der Waals surface area contributed by atoms with Crippen LogP contribution in [0, 0.1) is 5.92 Å². The monoisotopic (exact) mass is 284 g/mol. The average Bonchev–Trinajstić information content (AvgIpc) is 2.49. The molecule has 112 valence electrons. The highest BCUT2D eigenvalue weighted by Crippen LogP contribution is 2.20. The Morgan fingerprint density at radius 1 is 1.05 bits per heavy atom. The molecule has 21 heavy (non-hydrogen) atoms. The molecule has 0 aliphatic rings. The molecule has 3 nitrogen and oxygen atoms in total. The van der Waals surface area contributed by atoms with Gasteiger partial charge in [0.15, 0.2) is 0 Å². The molecule has 1 heterocycles. The van der Waals surface area contributed by atoms with Crippen molar-refractivity contribution >= 4 is 0 Å². The molecule has 0 bridgehead atoms. The number of nitrogens with one attached hydrogen (secondary N) is 1. The fraction of sp³-hybridized carbons (Fsp3) is 0.389. The molecule has 0 amide bonds. The maximum Gasteiger partial charge on any atom is 0.219 e. The van der Waals surface area contributed by atoms with Gasteiger partial charge in [-0.2, -0.15) is 0 Å². The fourth-order valence-electron chi connectivity index (χ4n) is 1.99. The summed E-state index contributed by atoms with van der Waals surface area (Å²) in [6, 6.07) is 12.1. The quantitative estimate of drug-likeness (QED) is 0.828. The van der Waals surface area contributed by atoms with Crippen LogP contribution in [0.5, 0.6) is 11.6 Å². The average molecular weight is 284 g/mol. The molecule has 0 saturated carbocycles. The van der Waals surface area contributed by atoms with E-state index in [2.05, 4.69) is 49.3 Å². The second-order valence-corrected chi connectivity index (χ2v) is 5.63. The Bertz CT molecular complexity index is 532. The van der Waals surface area contributed by atoms with Crippen LogP contribution in [0.4, 0.5) is 0 Å². The van der Waals surface area contributed by atoms with Gasteiger partial charge in [-0.15, -0.1) is 0 Å². The van der Waals surface area contributed by atoms with Crippen LogP contribution in [0.1, 0.15) is 31.9 Å². The number of aryl methyl sites for hydroxylation is 1. The van der Waals surface area contributed by atoms with Gasteiger partial charge in [0, 0.05) is 18.8 Å². The summed E-state index contributed by atoms with van der Waals surface area (Å²) in [7, 11) is 0. The van der Waals surface area contributed by atoms with Crippen LogP contribution >= 0.6 is 0 Å². The van der Waals surface area contributed by atoms with Crippen LogP contribution in [0.15, 0.2) is 42.6 Å². The van der Waals surface area contributed by atoms with Crippen molar-refractivity contribution in [2.24, 2.45) is 5.92 Å². The van der Waals surface area contributed by atoms with Gasteiger partial charge in [-0.3, -0.25) is 0 Å². The van der Waals surface area contributed by atoms with Gasteiger partial charge in [0.05, 0.1) is 0 Å². The summed E-state index contributed by atoms with van der Waals surface area (Å²) < 4.78 is 5.74. The van der Waals surface area contributed by atoms with Crippen LogP contribution < -0.4 is 10.1 Å². The van der Waals surface area contributed by atoms with Gasteiger partial charge in [-0.05, 0) is 42.1 Å². The standard InChI is InChI=1S/C18H24N2O/c1-4-15-5-8-17(9-6-15)21-18-10-7-16(13-20-18)12-19-11-14(2)3/h5-10,13-14,19H,4,11-12H2,1-3H3. The van der Waals surface area contributed by atoms with Crippen LogP contribution in [0.2, 0.25) is 0 Å². The Kier molecular flexibility index (Phi) is 5.76. The lowest BCUT2D eigenvalue weighted by Gasteiger charge is -2.08. The van der Waals surface area contributed by atoms with Gasteiger partial charge >= 0.3 is 0 Å². The number of rotatable bonds is 7. The smallest absolute Gasteiger partial charge is 0.219 e. The van der Waals surface area contributed by atoms with Gasteiger partial charge in [0.2, 0.25) is 5.88 Å². The third-order valence-electron chi connectivity index (χ3n) is 3.23. The summed E-state index contributed by atoms with van der Waals surface area (Å²) in [6.45, 7) is 8.40. The largest absolute Gasteiger partial charge is 0.439 e. The number of nitrogens with zero attached hydrogens (tertiary/aromatic N) is 1. The van der Waals surface area contributed by atoms with Crippen molar-refractivity contribution in [2.75, 3.05) is 6.54 Å². The van der Waals surface area contributed by atoms with E-state index in [9.17, 15) is 0 Å². The van der Waals surface area contributed by atoms with E-state index in [1.165, 1.54) is 11.1 Å². The first kappa shape index (κ1) is 15.5. The molecule has 0 aliphatic heterocycles. The zero-order valence-electron chi connectivity index (χ0n) is 13.1. The zero-order valence-corrected chi connectivity index (χ0v) is 13.1. The second kappa shape index (κ2) is 7.79. The van der Waals surface area contributed by atoms with Gasteiger partial charge in [-0.25, -0.2) is 4.98 Å². The van der Waals surface area contributed by atoms with E-state index in [0.717, 1.165) is 25.3 Å². The molecular weight excluding hydrogens is 260 g/mol. The first-order valence-electron chi connectivity index (χ1n) is 7.60. The number of aromatic nitrogens is 1. The van der Waals surface area contributed by atoms with Crippen LogP contribution in [-0.4, -0.2) is 11.5 Å². The molecule has 0 radical (unpaired) electrons. The molecule has 2 rings (SSSR count). The Labute approximate surface area is 127 Å². The first-order valence-corrected chi connectivity index (χ1v) is 7.60. The van der Waals surface area contributed by atoms with Gasteiger partial charge in [0.1, 0.15) is 5.75 Å². The lowest BCUT2D eigenvalue weighted by Crippen LogP contribution is -2.18. The van der Waals surface area contributed by atoms with Crippen LogP contribution in [-0.2, 0) is 13.0 Å². The third-order valence-corrected chi connectivity index (χ3v) is 3.23. The van der Waals surface area contributed by atoms with Crippen molar-refractivity contribution in [3.05, 3.63) is 53.7 Å². The van der Waals surface area contributed by atoms with E-state index >= 15 is 0 Å². The molecule has 0 saturated heterocycles. The van der Waals surface area contributed by atoms with Crippen molar-refractivity contribution in [3.8, 4) is 11.6 Å². The maximum atomic E-state index is 5.74. The Morgan fingerprint density at radius 2 is 1.76 bits per heavy atom. The topological polar surface area (TPSA) is 34.1 Å². The number of hydrogen-bond acceptors (Lipinski definition) is 3. The molecule has 1 N–H and O–H groups in total. The van der Waals surface area contributed by atoms with Crippen molar-refractivity contribution < 1.29 is 4.74 Å². The fourth-order valence-corrected chi connectivity index (χ4v) is 1.99. The highest BCUT2D eigenvalue weighted by atomic mass is 16.5. The van der Waals surface area contributed by atoms with Crippen molar-refractivity contribution in [1.82, 2.24) is 10.3 Å². The highest BCUT2D eigenvalue weighted by Gasteiger charge is 2.00. The second-order valence-electron chi connectivity index (χ2n) is 5.63. The maximum absolute atomic E-state index is 5.74. The van der Waals surface area contributed by atoms with Crippen molar-refractivity contribution in [1.29, 1.82) is 0 Å². The predicted octanol–water partition coefficient (Wildman–Crippen LogP) is 4.18. The van der Waals surface area contributed by atoms with E-state index in [0.29, 0.717) is 11.8 Å². The summed E-state index contributed by atoms with van der Waals surface area (Å²) in [5.41, 5.74) is 2.48. The molecule has 0 fully saturated rings. The molecule has 0 atom stereocenters. The molecule has 2 aromatic rings. The summed E-state index contributed by atoms with van der Waals surface area (Å²) >= 11 is 0. The van der Waals surface area contributed by atoms with Gasteiger partial charge < -0.3 is 10.1 Å². The van der Waals surface area contributed by atoms with E-state index in [-0.39, 0.29) is 0 Å². The molecular formula is C18H24N2O. The highest BCUT2D eigenvalue weighted by molar-refractivity contribution is 5.31. The Balaban J connectivity index is 1.89. The number of pyridine rings is 1. The Morgan fingerprint density at radius 3 is 2.33 bits per heavy atom. The van der Waals surface area contributed by atoms with E-state index < -0.39 is 0 Å². The van der Waals surface area contributed by atoms with E-state index in [1.807, 2.05) is 24.4 Å².